The Hall–Kier alpha value is -5.79. The summed E-state index contributed by atoms with van der Waals surface area (Å²) in [6, 6.07) is 52.0. The van der Waals surface area contributed by atoms with Crippen LogP contribution in [0.4, 0.5) is 17.1 Å². The second-order valence-electron chi connectivity index (χ2n) is 32.8. The molecule has 6 spiro atoms. The molecule has 3 N–H and O–H groups in total. The zero-order chi connectivity index (χ0) is 65.1. The molecule has 6 aromatic rings. The van der Waals surface area contributed by atoms with Gasteiger partial charge in [-0.25, -0.2) is 0 Å². The number of fused-ring (bicyclic) bond motifs is 12. The van der Waals surface area contributed by atoms with Crippen molar-refractivity contribution in [3.05, 3.63) is 196 Å². The van der Waals surface area contributed by atoms with E-state index in [1.54, 1.807) is 22.3 Å². The molecule has 0 unspecified atom stereocenters. The lowest BCUT2D eigenvalue weighted by molar-refractivity contribution is -0.122. The lowest BCUT2D eigenvalue weighted by Crippen LogP contribution is -2.42. The van der Waals surface area contributed by atoms with E-state index in [1.165, 1.54) is 194 Å². The number of hydrogen-bond acceptors (Lipinski definition) is 5. The minimum absolute atomic E-state index is 0. The number of amides is 2. The first-order chi connectivity index (χ1) is 45.5. The van der Waals surface area contributed by atoms with Crippen molar-refractivity contribution in [1.29, 1.82) is 0 Å². The molecule has 12 aliphatic rings. The van der Waals surface area contributed by atoms with E-state index in [0.717, 1.165) is 79.0 Å². The third-order valence-electron chi connectivity index (χ3n) is 26.6. The van der Waals surface area contributed by atoms with Gasteiger partial charge in [0.2, 0.25) is 5.91 Å². The highest BCUT2D eigenvalue weighted by atomic mass is 16.5. The van der Waals surface area contributed by atoms with E-state index in [4.69, 9.17) is 4.74 Å². The molecule has 518 valence electrons. The van der Waals surface area contributed by atoms with Gasteiger partial charge in [0.1, 0.15) is 0 Å². The molecule has 5 aliphatic heterocycles. The normalized spacial score (nSPS) is 31.3. The Labute approximate surface area is 616 Å². The number of rotatable bonds is 0. The van der Waals surface area contributed by atoms with Crippen LogP contribution in [0.5, 0.6) is 0 Å². The van der Waals surface area contributed by atoms with Crippen LogP contribution in [-0.2, 0) is 55.4 Å². The molecule has 6 aromatic carbocycles. The molecule has 6 saturated carbocycles. The van der Waals surface area contributed by atoms with Gasteiger partial charge >= 0.3 is 0 Å². The summed E-state index contributed by atoms with van der Waals surface area (Å²) in [5.74, 6) is 5.62. The molecule has 0 bridgehead atoms. The van der Waals surface area contributed by atoms with E-state index in [9.17, 15) is 9.59 Å². The highest BCUT2D eigenvalue weighted by Gasteiger charge is 2.49. The molecule has 5 heterocycles. The highest BCUT2D eigenvalue weighted by Crippen LogP contribution is 2.54. The first-order valence-corrected chi connectivity index (χ1v) is 37.8. The number of nitrogens with zero attached hydrogens (tertiary/aromatic N) is 1. The Morgan fingerprint density at radius 3 is 1.39 bits per heavy atom. The minimum atomic E-state index is -0.205. The number of hydrogen-bond donors (Lipinski definition) is 3. The van der Waals surface area contributed by atoms with Gasteiger partial charge in [-0.05, 0) is 288 Å². The molecule has 2 amide bonds. The second kappa shape index (κ2) is 34.7. The largest absolute Gasteiger partial charge is 0.384 e. The molecule has 18 radical (unpaired) electrons. The summed E-state index contributed by atoms with van der Waals surface area (Å²) in [7, 11) is 2.23. The molecule has 7 nitrogen and oxygen atoms in total. The van der Waals surface area contributed by atoms with Gasteiger partial charge in [-0.1, -0.05) is 163 Å². The van der Waals surface area contributed by atoms with Gasteiger partial charge in [0.15, 0.2) is 0 Å². The molecule has 13 heteroatoms. The van der Waals surface area contributed by atoms with Crippen molar-refractivity contribution >= 4 is 79.4 Å². The number of aryl methyl sites for hydroxylation is 1. The van der Waals surface area contributed by atoms with E-state index < -0.39 is 0 Å². The summed E-state index contributed by atoms with van der Waals surface area (Å²) in [6.45, 7) is 17.4. The van der Waals surface area contributed by atoms with Crippen LogP contribution in [-0.4, -0.2) is 82.4 Å². The molecule has 7 aliphatic carbocycles. The zero-order valence-corrected chi connectivity index (χ0v) is 62.2. The predicted octanol–water partition coefficient (Wildman–Crippen LogP) is 18.9. The van der Waals surface area contributed by atoms with E-state index in [-0.39, 0.29) is 78.8 Å². The molecule has 0 aromatic heterocycles. The van der Waals surface area contributed by atoms with Crippen LogP contribution in [0.3, 0.4) is 0 Å². The van der Waals surface area contributed by atoms with Gasteiger partial charge in [0, 0.05) is 98.7 Å². The van der Waals surface area contributed by atoms with Crippen molar-refractivity contribution in [3.8, 4) is 0 Å². The first-order valence-electron chi connectivity index (χ1n) is 37.8. The molecule has 100 heavy (non-hydrogen) atoms. The lowest BCUT2D eigenvalue weighted by Gasteiger charge is -2.46. The van der Waals surface area contributed by atoms with Crippen LogP contribution in [0.1, 0.15) is 263 Å². The van der Waals surface area contributed by atoms with Crippen LogP contribution in [0.15, 0.2) is 146 Å². The fourth-order valence-electron chi connectivity index (χ4n) is 19.8. The first kappa shape index (κ1) is 81.5. The van der Waals surface area contributed by atoms with Crippen molar-refractivity contribution < 1.29 is 14.3 Å². The standard InChI is InChI=1S/C16H23N.C15H20.2C14H17NO.C14H19N.C14H18O.6B/c1-13-7-9-16(10-8-13)11-12-17(2)15-6-4-3-5-14(15)16;1-12-6-9-15(10-7-12)11-8-13-4-2-3-5-14(13)15;1-10-6-8-14(9-7-10)11-4-2-3-5-12(11)15-13(14)16;1-10-6-8-14(9-7-10)12-5-3-2-4-11(12)13(16)15-14;1-11-6-8-14(9-7-11)10-15-13-5-3-2-4-12(13)14;1-11-6-8-14(9-7-11)13-5-3-2-4-12(13)10-15-14;;;;;;/h3-6,13H,7-12H2,1-2H3;2-5,12H,6-11H2,1H3;2*2-5,10H,6-9H2,1H3,(H,15,16);2-5,11,15H,6-10H2,1H3;2-5,11H,6-10H2,1H3;;;;;;. The summed E-state index contributed by atoms with van der Waals surface area (Å²) in [6.07, 6.45) is 35.1. The number of benzene rings is 6. The van der Waals surface area contributed by atoms with Gasteiger partial charge in [0.05, 0.1) is 23.2 Å². The van der Waals surface area contributed by atoms with Crippen LogP contribution < -0.4 is 20.9 Å². The monoisotopic (exact) mass is 1330 g/mol. The average Bonchev–Trinajstić information content (AvgIpc) is 1.29. The summed E-state index contributed by atoms with van der Waals surface area (Å²) in [5, 5.41) is 9.83. The SMILES string of the molecule is CC1CCC2(CC1)C(=O)Nc1ccccc12.CC1CCC2(CC1)CCN(C)c1ccccc12.CC1CCC2(CC1)CNc1ccccc12.CC1CCC2(CC1)NC(=O)c1ccccc12.CC1CCC2(CC1)OCc1ccccc12.CC1CCC2(CCc3ccccc32)CC1.[B].[B].[B].[B].[B].[B]. The third kappa shape index (κ3) is 16.6. The Kier molecular flexibility index (Phi) is 28.3. The van der Waals surface area contributed by atoms with E-state index in [1.807, 2.05) is 36.4 Å². The van der Waals surface area contributed by atoms with Gasteiger partial charge < -0.3 is 25.6 Å². The predicted molar refractivity (Wildman–Crippen MR) is 425 cm³/mol. The third-order valence-corrected chi connectivity index (χ3v) is 26.6. The van der Waals surface area contributed by atoms with E-state index >= 15 is 0 Å². The quantitative estimate of drug-likeness (QED) is 0.132. The fraction of sp³-hybridized carbons (Fsp3) is 0.563. The number of ether oxygens (including phenoxy) is 1. The minimum Gasteiger partial charge on any atom is -0.384 e. The zero-order valence-electron chi connectivity index (χ0n) is 62.2. The Bertz CT molecular complexity index is 3410. The second-order valence-corrected chi connectivity index (χ2v) is 32.8. The molecular weight excluding hydrogens is 1210 g/mol. The summed E-state index contributed by atoms with van der Waals surface area (Å²) in [4.78, 5) is 26.5. The summed E-state index contributed by atoms with van der Waals surface area (Å²) in [5.41, 5.74) is 18.1. The van der Waals surface area contributed by atoms with Gasteiger partial charge in [0.25, 0.3) is 5.91 Å². The molecular formula is C87H114B6N4O3. The summed E-state index contributed by atoms with van der Waals surface area (Å²) >= 11 is 0. The van der Waals surface area contributed by atoms with Crippen LogP contribution in [0.25, 0.3) is 0 Å². The molecule has 18 rings (SSSR count). The molecule has 6 fully saturated rings. The van der Waals surface area contributed by atoms with Crippen LogP contribution in [0.2, 0.25) is 0 Å². The fourth-order valence-corrected chi connectivity index (χ4v) is 19.8. The van der Waals surface area contributed by atoms with Gasteiger partial charge in [-0.2, -0.15) is 0 Å². The number of para-hydroxylation sites is 3. The molecule has 0 atom stereocenters. The van der Waals surface area contributed by atoms with E-state index in [0.29, 0.717) is 16.2 Å². The Balaban J connectivity index is 0.000000167. The number of carbonyl (C=O) groups excluding carboxylic acids is 2. The van der Waals surface area contributed by atoms with Crippen molar-refractivity contribution in [2.75, 3.05) is 35.7 Å². The van der Waals surface area contributed by atoms with Gasteiger partial charge in [-0.15, -0.1) is 0 Å². The van der Waals surface area contributed by atoms with Crippen molar-refractivity contribution in [2.45, 2.75) is 254 Å². The van der Waals surface area contributed by atoms with E-state index in [2.05, 4.69) is 179 Å². The summed E-state index contributed by atoms with van der Waals surface area (Å²) < 4.78 is 6.10. The van der Waals surface area contributed by atoms with Crippen LogP contribution >= 0.6 is 0 Å². The van der Waals surface area contributed by atoms with Crippen molar-refractivity contribution in [2.24, 2.45) is 35.5 Å². The maximum atomic E-state index is 12.2. The van der Waals surface area contributed by atoms with Crippen molar-refractivity contribution in [3.63, 3.8) is 0 Å². The Morgan fingerprint density at radius 2 is 0.810 bits per heavy atom. The average molecular weight is 1330 g/mol. The van der Waals surface area contributed by atoms with Crippen molar-refractivity contribution in [1.82, 2.24) is 5.32 Å². The maximum Gasteiger partial charge on any atom is 0.252 e. The Morgan fingerprint density at radius 1 is 0.390 bits per heavy atom. The van der Waals surface area contributed by atoms with Crippen LogP contribution in [0, 0.1) is 35.5 Å². The number of carbonyl (C=O) groups is 2. The lowest BCUT2D eigenvalue weighted by atomic mass is 9.63. The highest BCUT2D eigenvalue weighted by molar-refractivity contribution is 6.06. The number of nitrogens with one attached hydrogen (secondary N) is 3. The molecule has 0 saturated heterocycles. The maximum absolute atomic E-state index is 12.2. The number of anilines is 3. The topological polar surface area (TPSA) is 82.7 Å². The van der Waals surface area contributed by atoms with Gasteiger partial charge in [-0.3, -0.25) is 9.59 Å². The smallest absolute Gasteiger partial charge is 0.252 e.